The third kappa shape index (κ3) is 3.34. The molecule has 1 heterocycles. The number of nitriles is 1. The van der Waals surface area contributed by atoms with Crippen molar-refractivity contribution in [2.75, 3.05) is 12.4 Å². The maximum absolute atomic E-state index is 13.6. The van der Waals surface area contributed by atoms with Crippen molar-refractivity contribution in [3.8, 4) is 17.3 Å². The SMILES string of the molecule is CNc1cc(-c2cc(F)cc(C#N)c2)nc(C(C)(C)C)n1. The number of halogens is 1. The number of aromatic nitrogens is 2. The third-order valence-corrected chi connectivity index (χ3v) is 2.98. The average molecular weight is 284 g/mol. The molecule has 0 bridgehead atoms. The number of anilines is 1. The molecule has 0 amide bonds. The molecule has 0 aliphatic rings. The van der Waals surface area contributed by atoms with Gasteiger partial charge in [0.15, 0.2) is 0 Å². The monoisotopic (exact) mass is 284 g/mol. The highest BCUT2D eigenvalue weighted by Crippen LogP contribution is 2.26. The lowest BCUT2D eigenvalue weighted by atomic mass is 9.95. The maximum Gasteiger partial charge on any atom is 0.136 e. The van der Waals surface area contributed by atoms with Crippen molar-refractivity contribution < 1.29 is 4.39 Å². The van der Waals surface area contributed by atoms with Crippen LogP contribution in [0.3, 0.4) is 0 Å². The highest BCUT2D eigenvalue weighted by Gasteiger charge is 2.19. The van der Waals surface area contributed by atoms with E-state index in [1.54, 1.807) is 19.2 Å². The molecule has 0 spiro atoms. The zero-order chi connectivity index (χ0) is 15.6. The summed E-state index contributed by atoms with van der Waals surface area (Å²) < 4.78 is 13.6. The molecule has 4 nitrogen and oxygen atoms in total. The Morgan fingerprint density at radius 2 is 1.86 bits per heavy atom. The molecule has 2 rings (SSSR count). The van der Waals surface area contributed by atoms with Gasteiger partial charge in [-0.15, -0.1) is 0 Å². The highest BCUT2D eigenvalue weighted by atomic mass is 19.1. The van der Waals surface area contributed by atoms with Crippen LogP contribution in [0.2, 0.25) is 0 Å². The topological polar surface area (TPSA) is 61.6 Å². The number of hydrogen-bond acceptors (Lipinski definition) is 4. The van der Waals surface area contributed by atoms with E-state index in [4.69, 9.17) is 5.26 Å². The summed E-state index contributed by atoms with van der Waals surface area (Å²) in [5.41, 5.74) is 1.20. The van der Waals surface area contributed by atoms with Crippen LogP contribution in [0.4, 0.5) is 10.2 Å². The first kappa shape index (κ1) is 14.9. The van der Waals surface area contributed by atoms with Gasteiger partial charge in [-0.25, -0.2) is 14.4 Å². The van der Waals surface area contributed by atoms with Crippen molar-refractivity contribution in [1.29, 1.82) is 5.26 Å². The van der Waals surface area contributed by atoms with Crippen LogP contribution in [0.25, 0.3) is 11.3 Å². The van der Waals surface area contributed by atoms with Gasteiger partial charge in [-0.1, -0.05) is 20.8 Å². The molecule has 0 aliphatic heterocycles. The Kier molecular flexibility index (Phi) is 3.90. The second-order valence-corrected chi connectivity index (χ2v) is 5.80. The third-order valence-electron chi connectivity index (χ3n) is 2.98. The van der Waals surface area contributed by atoms with Crippen molar-refractivity contribution in [1.82, 2.24) is 9.97 Å². The summed E-state index contributed by atoms with van der Waals surface area (Å²) >= 11 is 0. The summed E-state index contributed by atoms with van der Waals surface area (Å²) in [4.78, 5) is 8.94. The molecular formula is C16H17FN4. The normalized spacial score (nSPS) is 11.0. The fraction of sp³-hybridized carbons (Fsp3) is 0.312. The molecule has 2 aromatic rings. The van der Waals surface area contributed by atoms with Gasteiger partial charge in [-0.05, 0) is 18.2 Å². The molecule has 108 valence electrons. The summed E-state index contributed by atoms with van der Waals surface area (Å²) in [6.45, 7) is 6.04. The van der Waals surface area contributed by atoms with Crippen molar-refractivity contribution in [2.45, 2.75) is 26.2 Å². The van der Waals surface area contributed by atoms with E-state index in [0.717, 1.165) is 0 Å². The summed E-state index contributed by atoms with van der Waals surface area (Å²) in [7, 11) is 1.77. The van der Waals surface area contributed by atoms with Crippen LogP contribution in [0, 0.1) is 17.1 Å². The number of nitrogens with zero attached hydrogens (tertiary/aromatic N) is 3. The smallest absolute Gasteiger partial charge is 0.136 e. The molecule has 0 aliphatic carbocycles. The zero-order valence-electron chi connectivity index (χ0n) is 12.5. The van der Waals surface area contributed by atoms with Gasteiger partial charge < -0.3 is 5.32 Å². The van der Waals surface area contributed by atoms with E-state index in [0.29, 0.717) is 22.9 Å². The summed E-state index contributed by atoms with van der Waals surface area (Å²) in [6, 6.07) is 7.89. The highest BCUT2D eigenvalue weighted by molar-refractivity contribution is 5.64. The zero-order valence-corrected chi connectivity index (χ0v) is 12.5. The Balaban J connectivity index is 2.64. The molecule has 0 unspecified atom stereocenters. The average Bonchev–Trinajstić information content (AvgIpc) is 2.45. The van der Waals surface area contributed by atoms with Crippen molar-refractivity contribution in [3.63, 3.8) is 0 Å². The van der Waals surface area contributed by atoms with Crippen molar-refractivity contribution >= 4 is 5.82 Å². The van der Waals surface area contributed by atoms with E-state index in [2.05, 4.69) is 15.3 Å². The predicted octanol–water partition coefficient (Wildman–Crippen LogP) is 3.49. The van der Waals surface area contributed by atoms with Gasteiger partial charge in [0.1, 0.15) is 17.5 Å². The van der Waals surface area contributed by atoms with E-state index in [-0.39, 0.29) is 11.0 Å². The molecular weight excluding hydrogens is 267 g/mol. The molecule has 21 heavy (non-hydrogen) atoms. The van der Waals surface area contributed by atoms with Crippen LogP contribution in [0.5, 0.6) is 0 Å². The molecule has 0 saturated carbocycles. The van der Waals surface area contributed by atoms with E-state index >= 15 is 0 Å². The summed E-state index contributed by atoms with van der Waals surface area (Å²) in [5.74, 6) is 0.866. The van der Waals surface area contributed by atoms with Crippen LogP contribution < -0.4 is 5.32 Å². The minimum atomic E-state index is -0.453. The Labute approximate surface area is 123 Å². The number of nitrogens with one attached hydrogen (secondary N) is 1. The molecule has 1 aromatic carbocycles. The van der Waals surface area contributed by atoms with Gasteiger partial charge >= 0.3 is 0 Å². The Hall–Kier alpha value is -2.48. The van der Waals surface area contributed by atoms with Crippen LogP contribution in [0.15, 0.2) is 24.3 Å². The van der Waals surface area contributed by atoms with Gasteiger partial charge in [0.25, 0.3) is 0 Å². The Morgan fingerprint density at radius 3 is 2.43 bits per heavy atom. The minimum absolute atomic E-state index is 0.229. The number of benzene rings is 1. The second kappa shape index (κ2) is 5.49. The molecule has 0 fully saturated rings. The molecule has 0 atom stereocenters. The van der Waals surface area contributed by atoms with Crippen LogP contribution in [0.1, 0.15) is 32.2 Å². The second-order valence-electron chi connectivity index (χ2n) is 5.80. The van der Waals surface area contributed by atoms with Gasteiger partial charge in [-0.2, -0.15) is 5.26 Å². The van der Waals surface area contributed by atoms with Crippen LogP contribution >= 0.6 is 0 Å². The summed E-state index contributed by atoms with van der Waals surface area (Å²) in [6.07, 6.45) is 0. The van der Waals surface area contributed by atoms with E-state index < -0.39 is 5.82 Å². The lowest BCUT2D eigenvalue weighted by molar-refractivity contribution is 0.547. The summed E-state index contributed by atoms with van der Waals surface area (Å²) in [5, 5.41) is 11.9. The first-order chi connectivity index (χ1) is 9.83. The molecule has 5 heteroatoms. The lowest BCUT2D eigenvalue weighted by Crippen LogP contribution is -2.17. The first-order valence-electron chi connectivity index (χ1n) is 6.62. The first-order valence-corrected chi connectivity index (χ1v) is 6.62. The Bertz CT molecular complexity index is 711. The largest absolute Gasteiger partial charge is 0.373 e. The Morgan fingerprint density at radius 1 is 1.14 bits per heavy atom. The van der Waals surface area contributed by atoms with Crippen LogP contribution in [-0.2, 0) is 5.41 Å². The molecule has 0 saturated heterocycles. The molecule has 1 N–H and O–H groups in total. The number of hydrogen-bond donors (Lipinski definition) is 1. The maximum atomic E-state index is 13.6. The quantitative estimate of drug-likeness (QED) is 0.917. The van der Waals surface area contributed by atoms with E-state index in [1.165, 1.54) is 12.1 Å². The molecule has 1 aromatic heterocycles. The van der Waals surface area contributed by atoms with Gasteiger partial charge in [0, 0.05) is 24.1 Å². The van der Waals surface area contributed by atoms with Gasteiger partial charge in [0.05, 0.1) is 17.3 Å². The lowest BCUT2D eigenvalue weighted by Gasteiger charge is -2.18. The predicted molar refractivity (Wildman–Crippen MR) is 80.4 cm³/mol. The fourth-order valence-corrected chi connectivity index (χ4v) is 1.86. The van der Waals surface area contributed by atoms with Gasteiger partial charge in [0.2, 0.25) is 0 Å². The van der Waals surface area contributed by atoms with Gasteiger partial charge in [-0.3, -0.25) is 0 Å². The van der Waals surface area contributed by atoms with E-state index in [1.807, 2.05) is 26.8 Å². The van der Waals surface area contributed by atoms with Crippen molar-refractivity contribution in [2.24, 2.45) is 0 Å². The standard InChI is InChI=1S/C16H17FN4/c1-16(2,3)15-20-13(8-14(19-4)21-15)11-5-10(9-18)6-12(17)7-11/h5-8H,1-4H3,(H,19,20,21). The minimum Gasteiger partial charge on any atom is -0.373 e. The number of rotatable bonds is 2. The molecule has 0 radical (unpaired) electrons. The fourth-order valence-electron chi connectivity index (χ4n) is 1.86. The van der Waals surface area contributed by atoms with Crippen LogP contribution in [-0.4, -0.2) is 17.0 Å². The van der Waals surface area contributed by atoms with Crippen molar-refractivity contribution in [3.05, 3.63) is 41.5 Å². The van der Waals surface area contributed by atoms with E-state index in [9.17, 15) is 4.39 Å².